The van der Waals surface area contributed by atoms with Crippen LogP contribution in [0, 0.1) is 27.7 Å². The summed E-state index contributed by atoms with van der Waals surface area (Å²) < 4.78 is 0. The average molecular weight is 274 g/mol. The quantitative estimate of drug-likeness (QED) is 0.656. The third-order valence-corrected chi connectivity index (χ3v) is 5.92. The number of aryl methyl sites for hydroxylation is 1. The van der Waals surface area contributed by atoms with Crippen LogP contribution < -0.4 is 0 Å². The van der Waals surface area contributed by atoms with Crippen LogP contribution in [-0.4, -0.2) is 0 Å². The highest BCUT2D eigenvalue weighted by atomic mass is 33.1. The lowest BCUT2D eigenvalue weighted by Gasteiger charge is -2.13. The van der Waals surface area contributed by atoms with Crippen molar-refractivity contribution in [1.82, 2.24) is 0 Å². The fourth-order valence-corrected chi connectivity index (χ4v) is 4.20. The van der Waals surface area contributed by atoms with Gasteiger partial charge >= 0.3 is 0 Å². The highest BCUT2D eigenvalue weighted by Gasteiger charge is 2.08. The first-order chi connectivity index (χ1) is 8.59. The van der Waals surface area contributed by atoms with Crippen LogP contribution in [0.5, 0.6) is 0 Å². The van der Waals surface area contributed by atoms with Gasteiger partial charge in [-0.25, -0.2) is 0 Å². The summed E-state index contributed by atoms with van der Waals surface area (Å²) in [4.78, 5) is 2.68. The summed E-state index contributed by atoms with van der Waals surface area (Å²) in [5.74, 6) is 0. The van der Waals surface area contributed by atoms with Gasteiger partial charge in [-0.3, -0.25) is 0 Å². The molecule has 0 aliphatic heterocycles. The minimum Gasteiger partial charge on any atom is -0.0622 e. The van der Waals surface area contributed by atoms with Gasteiger partial charge in [0.15, 0.2) is 0 Å². The molecule has 0 aliphatic carbocycles. The maximum Gasteiger partial charge on any atom is 0.0220 e. The van der Waals surface area contributed by atoms with Crippen LogP contribution >= 0.6 is 21.6 Å². The molecule has 2 aromatic rings. The molecule has 0 aliphatic rings. The zero-order chi connectivity index (χ0) is 13.1. The van der Waals surface area contributed by atoms with Crippen LogP contribution in [0.1, 0.15) is 22.3 Å². The van der Waals surface area contributed by atoms with Gasteiger partial charge in [-0.15, -0.1) is 0 Å². The van der Waals surface area contributed by atoms with E-state index in [-0.39, 0.29) is 0 Å². The van der Waals surface area contributed by atoms with Crippen molar-refractivity contribution in [2.24, 2.45) is 0 Å². The first-order valence-corrected chi connectivity index (χ1v) is 8.21. The Morgan fingerprint density at radius 2 is 1.39 bits per heavy atom. The summed E-state index contributed by atoms with van der Waals surface area (Å²) in [7, 11) is 3.68. The van der Waals surface area contributed by atoms with Crippen molar-refractivity contribution in [2.45, 2.75) is 37.5 Å². The maximum atomic E-state index is 2.30. The Labute approximate surface area is 118 Å². The summed E-state index contributed by atoms with van der Waals surface area (Å²) in [6.07, 6.45) is 0. The fraction of sp³-hybridized carbons (Fsp3) is 0.250. The van der Waals surface area contributed by atoms with Gasteiger partial charge in [-0.2, -0.15) is 0 Å². The molecule has 0 saturated carbocycles. The molecule has 0 N–H and O–H groups in total. The van der Waals surface area contributed by atoms with E-state index in [0.29, 0.717) is 0 Å². The van der Waals surface area contributed by atoms with E-state index < -0.39 is 0 Å². The SMILES string of the molecule is Cc1cc(SSc2ccccc2)c(C)c(C)c1C. The smallest absolute Gasteiger partial charge is 0.0220 e. The van der Waals surface area contributed by atoms with Gasteiger partial charge < -0.3 is 0 Å². The molecule has 0 amide bonds. The molecule has 0 nitrogen and oxygen atoms in total. The Hall–Kier alpha value is -0.860. The average Bonchev–Trinajstić information content (AvgIpc) is 2.40. The molecule has 0 aromatic heterocycles. The summed E-state index contributed by atoms with van der Waals surface area (Å²) in [6, 6.07) is 12.8. The first kappa shape index (κ1) is 13.6. The molecule has 0 fully saturated rings. The third kappa shape index (κ3) is 2.93. The van der Waals surface area contributed by atoms with Crippen LogP contribution in [0.4, 0.5) is 0 Å². The maximum absolute atomic E-state index is 2.30. The zero-order valence-corrected chi connectivity index (χ0v) is 12.9. The lowest BCUT2D eigenvalue weighted by molar-refractivity contribution is 1.15. The number of hydrogen-bond acceptors (Lipinski definition) is 2. The number of rotatable bonds is 3. The molecule has 2 rings (SSSR count). The van der Waals surface area contributed by atoms with E-state index in [1.54, 1.807) is 0 Å². The van der Waals surface area contributed by atoms with Gasteiger partial charge in [0.05, 0.1) is 0 Å². The van der Waals surface area contributed by atoms with Crippen molar-refractivity contribution in [3.63, 3.8) is 0 Å². The third-order valence-electron chi connectivity index (χ3n) is 3.40. The molecule has 2 heteroatoms. The Balaban J connectivity index is 2.20. The minimum atomic E-state index is 1.30. The van der Waals surface area contributed by atoms with Crippen LogP contribution in [0.25, 0.3) is 0 Å². The predicted molar refractivity (Wildman–Crippen MR) is 83.5 cm³/mol. The lowest BCUT2D eigenvalue weighted by atomic mass is 10.00. The van der Waals surface area contributed by atoms with Crippen molar-refractivity contribution in [1.29, 1.82) is 0 Å². The summed E-state index contributed by atoms with van der Waals surface area (Å²) >= 11 is 0. The standard InChI is InChI=1S/C16H18S2/c1-11-10-16(14(4)13(3)12(11)2)18-17-15-8-6-5-7-9-15/h5-10H,1-4H3. The molecule has 0 atom stereocenters. The Bertz CT molecular complexity index is 545. The van der Waals surface area contributed by atoms with Gasteiger partial charge in [0.25, 0.3) is 0 Å². The van der Waals surface area contributed by atoms with E-state index in [0.717, 1.165) is 0 Å². The summed E-state index contributed by atoms with van der Waals surface area (Å²) in [5, 5.41) is 0. The fourth-order valence-electron chi connectivity index (χ4n) is 1.83. The topological polar surface area (TPSA) is 0 Å². The molecule has 0 spiro atoms. The van der Waals surface area contributed by atoms with Crippen molar-refractivity contribution in [2.75, 3.05) is 0 Å². The van der Waals surface area contributed by atoms with Crippen molar-refractivity contribution >= 4 is 21.6 Å². The van der Waals surface area contributed by atoms with Crippen molar-refractivity contribution < 1.29 is 0 Å². The Morgan fingerprint density at radius 3 is 2.06 bits per heavy atom. The molecule has 0 unspecified atom stereocenters. The van der Waals surface area contributed by atoms with E-state index in [1.165, 1.54) is 32.0 Å². The number of benzene rings is 2. The van der Waals surface area contributed by atoms with Crippen LogP contribution in [0.15, 0.2) is 46.2 Å². The molecular formula is C16H18S2. The molecule has 94 valence electrons. The molecular weight excluding hydrogens is 256 g/mol. The van der Waals surface area contributed by atoms with Crippen LogP contribution in [0.2, 0.25) is 0 Å². The van der Waals surface area contributed by atoms with E-state index in [2.05, 4.69) is 64.1 Å². The molecule has 0 saturated heterocycles. The zero-order valence-electron chi connectivity index (χ0n) is 11.3. The molecule has 0 bridgehead atoms. The first-order valence-electron chi connectivity index (χ1n) is 6.06. The minimum absolute atomic E-state index is 1.30. The monoisotopic (exact) mass is 274 g/mol. The normalized spacial score (nSPS) is 10.7. The predicted octanol–water partition coefficient (Wildman–Crippen LogP) is 5.72. The molecule has 0 heterocycles. The second-order valence-electron chi connectivity index (χ2n) is 4.55. The van der Waals surface area contributed by atoms with Crippen LogP contribution in [-0.2, 0) is 0 Å². The van der Waals surface area contributed by atoms with Crippen molar-refractivity contribution in [3.05, 3.63) is 58.7 Å². The van der Waals surface area contributed by atoms with Gasteiger partial charge in [0.2, 0.25) is 0 Å². The van der Waals surface area contributed by atoms with Gasteiger partial charge in [0, 0.05) is 9.79 Å². The number of hydrogen-bond donors (Lipinski definition) is 0. The van der Waals surface area contributed by atoms with Gasteiger partial charge in [0.1, 0.15) is 0 Å². The van der Waals surface area contributed by atoms with Gasteiger partial charge in [-0.1, -0.05) is 39.8 Å². The second-order valence-corrected chi connectivity index (χ2v) is 6.79. The largest absolute Gasteiger partial charge is 0.0622 e. The highest BCUT2D eigenvalue weighted by Crippen LogP contribution is 2.40. The van der Waals surface area contributed by atoms with E-state index in [9.17, 15) is 0 Å². The highest BCUT2D eigenvalue weighted by molar-refractivity contribution is 8.76. The summed E-state index contributed by atoms with van der Waals surface area (Å²) in [6.45, 7) is 8.83. The molecule has 2 aromatic carbocycles. The van der Waals surface area contributed by atoms with Crippen LogP contribution in [0.3, 0.4) is 0 Å². The lowest BCUT2D eigenvalue weighted by Crippen LogP contribution is -1.92. The molecule has 18 heavy (non-hydrogen) atoms. The summed E-state index contributed by atoms with van der Waals surface area (Å²) in [5.41, 5.74) is 5.63. The Kier molecular flexibility index (Phi) is 4.41. The second kappa shape index (κ2) is 5.85. The van der Waals surface area contributed by atoms with Crippen molar-refractivity contribution in [3.8, 4) is 0 Å². The van der Waals surface area contributed by atoms with Gasteiger partial charge in [-0.05, 0) is 68.1 Å². The van der Waals surface area contributed by atoms with E-state index in [1.807, 2.05) is 21.6 Å². The molecule has 0 radical (unpaired) electrons. The van der Waals surface area contributed by atoms with E-state index in [4.69, 9.17) is 0 Å². The Morgan fingerprint density at radius 1 is 0.722 bits per heavy atom. The van der Waals surface area contributed by atoms with E-state index >= 15 is 0 Å².